The van der Waals surface area contributed by atoms with Gasteiger partial charge >= 0.3 is 6.03 Å². The van der Waals surface area contributed by atoms with E-state index in [1.54, 1.807) is 4.90 Å². The number of carbonyl (C=O) groups excluding carboxylic acids is 3. The molecular weight excluding hydrogens is 298 g/mol. The Hall–Kier alpha value is -2.38. The first-order valence-corrected chi connectivity index (χ1v) is 7.84. The van der Waals surface area contributed by atoms with Gasteiger partial charge in [-0.3, -0.25) is 19.2 Å². The smallest absolute Gasteiger partial charge is 0.324 e. The summed E-state index contributed by atoms with van der Waals surface area (Å²) in [5.74, 6) is -0.490. The second-order valence-electron chi connectivity index (χ2n) is 6.12. The number of amides is 4. The minimum Gasteiger partial charge on any atom is -0.339 e. The Bertz CT molecular complexity index is 638. The second kappa shape index (κ2) is 6.02. The fourth-order valence-electron chi connectivity index (χ4n) is 3.20. The number of likely N-dealkylation sites (tertiary alicyclic amines) is 1. The van der Waals surface area contributed by atoms with E-state index in [0.717, 1.165) is 22.7 Å². The van der Waals surface area contributed by atoms with Crippen LogP contribution in [0.3, 0.4) is 0 Å². The van der Waals surface area contributed by atoms with Crippen LogP contribution in [0.1, 0.15) is 30.3 Å². The third kappa shape index (κ3) is 3.06. The van der Waals surface area contributed by atoms with Crippen LogP contribution in [0.2, 0.25) is 0 Å². The van der Waals surface area contributed by atoms with Crippen LogP contribution in [0.4, 0.5) is 4.79 Å². The van der Waals surface area contributed by atoms with Crippen molar-refractivity contribution >= 4 is 17.8 Å². The molecule has 2 saturated heterocycles. The van der Waals surface area contributed by atoms with Gasteiger partial charge in [-0.15, -0.1) is 0 Å². The number of aryl methyl sites for hydroxylation is 2. The second-order valence-corrected chi connectivity index (χ2v) is 6.12. The Morgan fingerprint density at radius 1 is 1.39 bits per heavy atom. The first-order chi connectivity index (χ1) is 11.0. The minimum atomic E-state index is -0.483. The summed E-state index contributed by atoms with van der Waals surface area (Å²) in [6, 6.07) is 1.68. The van der Waals surface area contributed by atoms with E-state index in [4.69, 9.17) is 0 Å². The lowest BCUT2D eigenvalue weighted by Crippen LogP contribution is -2.53. The van der Waals surface area contributed by atoms with Crippen molar-refractivity contribution < 1.29 is 14.4 Å². The number of nitrogens with zero attached hydrogens (tertiary/aromatic N) is 4. The molecule has 8 nitrogen and oxygen atoms in total. The third-order valence-electron chi connectivity index (χ3n) is 4.36. The molecule has 0 bridgehead atoms. The molecule has 4 amide bonds. The van der Waals surface area contributed by atoms with Gasteiger partial charge in [0.1, 0.15) is 6.54 Å². The number of imide groups is 1. The molecule has 8 heteroatoms. The Balaban J connectivity index is 1.62. The number of carbonyl (C=O) groups is 3. The SMILES string of the molecule is Cc1cc(C)n([C@@H]2CCN(C(=O)CN3C(=O)CCNC3=O)C2)n1. The van der Waals surface area contributed by atoms with Crippen LogP contribution in [0.5, 0.6) is 0 Å². The van der Waals surface area contributed by atoms with Crippen molar-refractivity contribution in [3.05, 3.63) is 17.5 Å². The van der Waals surface area contributed by atoms with Crippen molar-refractivity contribution in [3.63, 3.8) is 0 Å². The molecule has 1 atom stereocenters. The lowest BCUT2D eigenvalue weighted by atomic mass is 10.2. The standard InChI is InChI=1S/C15H21N5O3/c1-10-7-11(2)20(17-10)12-4-6-18(8-12)14(22)9-19-13(21)3-5-16-15(19)23/h7,12H,3-6,8-9H2,1-2H3,(H,16,23)/t12-/m1/s1. The molecule has 124 valence electrons. The first-order valence-electron chi connectivity index (χ1n) is 7.84. The molecule has 2 aliphatic heterocycles. The van der Waals surface area contributed by atoms with E-state index in [9.17, 15) is 14.4 Å². The molecule has 1 aromatic heterocycles. The average Bonchev–Trinajstić information content (AvgIpc) is 3.09. The van der Waals surface area contributed by atoms with Gasteiger partial charge in [0.25, 0.3) is 0 Å². The maximum Gasteiger partial charge on any atom is 0.324 e. The van der Waals surface area contributed by atoms with Gasteiger partial charge in [0.15, 0.2) is 0 Å². The zero-order valence-corrected chi connectivity index (χ0v) is 13.4. The molecule has 0 spiro atoms. The highest BCUT2D eigenvalue weighted by molar-refractivity contribution is 6.00. The molecular formula is C15H21N5O3. The minimum absolute atomic E-state index is 0.151. The molecule has 0 radical (unpaired) electrons. The number of hydrogen-bond donors (Lipinski definition) is 1. The number of aromatic nitrogens is 2. The van der Waals surface area contributed by atoms with Crippen LogP contribution in [0.25, 0.3) is 0 Å². The van der Waals surface area contributed by atoms with Gasteiger partial charge in [0.2, 0.25) is 11.8 Å². The summed E-state index contributed by atoms with van der Waals surface area (Å²) in [4.78, 5) is 38.6. The Morgan fingerprint density at radius 3 is 2.83 bits per heavy atom. The Kier molecular flexibility index (Phi) is 4.06. The summed E-state index contributed by atoms with van der Waals surface area (Å²) in [5, 5.41) is 7.06. The molecule has 0 saturated carbocycles. The van der Waals surface area contributed by atoms with E-state index in [1.807, 2.05) is 24.6 Å². The van der Waals surface area contributed by atoms with E-state index in [2.05, 4.69) is 10.4 Å². The first kappa shape index (κ1) is 15.5. The molecule has 1 N–H and O–H groups in total. The van der Waals surface area contributed by atoms with E-state index >= 15 is 0 Å². The molecule has 3 rings (SSSR count). The van der Waals surface area contributed by atoms with Gasteiger partial charge in [-0.05, 0) is 26.3 Å². The molecule has 0 aliphatic carbocycles. The van der Waals surface area contributed by atoms with Crippen LogP contribution in [-0.4, -0.2) is 63.6 Å². The summed E-state index contributed by atoms with van der Waals surface area (Å²) in [6.45, 7) is 5.28. The largest absolute Gasteiger partial charge is 0.339 e. The van der Waals surface area contributed by atoms with Crippen molar-refractivity contribution in [1.29, 1.82) is 0 Å². The molecule has 23 heavy (non-hydrogen) atoms. The predicted molar refractivity (Wildman–Crippen MR) is 81.7 cm³/mol. The third-order valence-corrected chi connectivity index (χ3v) is 4.36. The Labute approximate surface area is 134 Å². The van der Waals surface area contributed by atoms with Gasteiger partial charge in [-0.25, -0.2) is 4.79 Å². The quantitative estimate of drug-likeness (QED) is 0.863. The zero-order valence-electron chi connectivity index (χ0n) is 13.4. The highest BCUT2D eigenvalue weighted by atomic mass is 16.2. The van der Waals surface area contributed by atoms with Crippen LogP contribution in [-0.2, 0) is 9.59 Å². The van der Waals surface area contributed by atoms with Gasteiger partial charge in [-0.2, -0.15) is 5.10 Å². The Morgan fingerprint density at radius 2 is 2.17 bits per heavy atom. The molecule has 0 unspecified atom stereocenters. The van der Waals surface area contributed by atoms with E-state index < -0.39 is 6.03 Å². The van der Waals surface area contributed by atoms with Gasteiger partial charge in [-0.1, -0.05) is 0 Å². The van der Waals surface area contributed by atoms with Gasteiger partial charge in [0, 0.05) is 31.7 Å². The summed E-state index contributed by atoms with van der Waals surface area (Å²) < 4.78 is 1.96. The van der Waals surface area contributed by atoms with E-state index in [-0.39, 0.29) is 30.8 Å². The van der Waals surface area contributed by atoms with E-state index in [0.29, 0.717) is 19.6 Å². The fraction of sp³-hybridized carbons (Fsp3) is 0.600. The summed E-state index contributed by atoms with van der Waals surface area (Å²) in [5.41, 5.74) is 2.04. The molecule has 2 aliphatic rings. The summed E-state index contributed by atoms with van der Waals surface area (Å²) >= 11 is 0. The van der Waals surface area contributed by atoms with Crippen LogP contribution in [0.15, 0.2) is 6.07 Å². The topological polar surface area (TPSA) is 87.5 Å². The molecule has 3 heterocycles. The van der Waals surface area contributed by atoms with E-state index in [1.165, 1.54) is 0 Å². The average molecular weight is 319 g/mol. The van der Waals surface area contributed by atoms with Crippen molar-refractivity contribution in [3.8, 4) is 0 Å². The fourth-order valence-corrected chi connectivity index (χ4v) is 3.20. The van der Waals surface area contributed by atoms with Crippen molar-refractivity contribution in [2.45, 2.75) is 32.7 Å². The van der Waals surface area contributed by atoms with Gasteiger partial charge < -0.3 is 10.2 Å². The lowest BCUT2D eigenvalue weighted by molar-refractivity contribution is -0.138. The number of rotatable bonds is 3. The number of nitrogens with one attached hydrogen (secondary N) is 1. The molecule has 1 aromatic rings. The van der Waals surface area contributed by atoms with Crippen molar-refractivity contribution in [2.24, 2.45) is 0 Å². The van der Waals surface area contributed by atoms with Crippen molar-refractivity contribution in [1.82, 2.24) is 24.9 Å². The van der Waals surface area contributed by atoms with Crippen LogP contribution >= 0.6 is 0 Å². The molecule has 0 aromatic carbocycles. The maximum absolute atomic E-state index is 12.4. The normalized spacial score (nSPS) is 21.7. The molecule has 2 fully saturated rings. The monoisotopic (exact) mass is 319 g/mol. The van der Waals surface area contributed by atoms with Crippen LogP contribution in [0, 0.1) is 13.8 Å². The van der Waals surface area contributed by atoms with Crippen LogP contribution < -0.4 is 5.32 Å². The highest BCUT2D eigenvalue weighted by Gasteiger charge is 2.33. The summed E-state index contributed by atoms with van der Waals surface area (Å²) in [6.07, 6.45) is 1.07. The zero-order chi connectivity index (χ0) is 16.6. The number of urea groups is 1. The predicted octanol–water partition coefficient (Wildman–Crippen LogP) is 0.215. The maximum atomic E-state index is 12.4. The van der Waals surface area contributed by atoms with Crippen molar-refractivity contribution in [2.75, 3.05) is 26.2 Å². The van der Waals surface area contributed by atoms with Gasteiger partial charge in [0.05, 0.1) is 11.7 Å². The number of hydrogen-bond acceptors (Lipinski definition) is 4. The summed E-state index contributed by atoms with van der Waals surface area (Å²) in [7, 11) is 0. The lowest BCUT2D eigenvalue weighted by Gasteiger charge is -2.27. The highest BCUT2D eigenvalue weighted by Crippen LogP contribution is 2.23.